The van der Waals surface area contributed by atoms with Gasteiger partial charge in [-0.15, -0.1) is 6.58 Å². The molecule has 13 nitrogen and oxygen atoms in total. The van der Waals surface area contributed by atoms with Gasteiger partial charge in [-0.25, -0.2) is 13.2 Å². The van der Waals surface area contributed by atoms with Gasteiger partial charge in [0.05, 0.1) is 18.9 Å². The number of sulfonamides is 1. The Hall–Kier alpha value is -4.43. The first kappa shape index (κ1) is 38.8. The van der Waals surface area contributed by atoms with Gasteiger partial charge in [-0.1, -0.05) is 57.2 Å². The zero-order valence-corrected chi connectivity index (χ0v) is 31.6. The number of hydrogen-bond donors (Lipinski definition) is 4. The van der Waals surface area contributed by atoms with Crippen LogP contribution in [0.15, 0.2) is 61.2 Å². The van der Waals surface area contributed by atoms with Crippen LogP contribution >= 0.6 is 0 Å². The second-order valence-corrected chi connectivity index (χ2v) is 18.1. The van der Waals surface area contributed by atoms with Gasteiger partial charge in [0.25, 0.3) is 5.91 Å². The Morgan fingerprint density at radius 3 is 2.19 bits per heavy atom. The van der Waals surface area contributed by atoms with E-state index in [0.717, 1.165) is 11.1 Å². The van der Waals surface area contributed by atoms with Gasteiger partial charge >= 0.3 is 6.09 Å². The molecule has 3 aliphatic rings. The molecule has 5 atom stereocenters. The smallest absolute Gasteiger partial charge is 0.408 e. The van der Waals surface area contributed by atoms with Crippen molar-refractivity contribution in [1.82, 2.24) is 20.3 Å². The van der Waals surface area contributed by atoms with Crippen LogP contribution in [0.25, 0.3) is 11.1 Å². The van der Waals surface area contributed by atoms with Crippen LogP contribution < -0.4 is 20.1 Å². The lowest BCUT2D eigenvalue weighted by atomic mass is 9.85. The monoisotopic (exact) mass is 738 g/mol. The molecule has 52 heavy (non-hydrogen) atoms. The average molecular weight is 739 g/mol. The molecule has 2 aromatic carbocycles. The number of rotatable bonds is 11. The van der Waals surface area contributed by atoms with Crippen molar-refractivity contribution in [2.75, 3.05) is 13.7 Å². The summed E-state index contributed by atoms with van der Waals surface area (Å²) in [4.78, 5) is 56.6. The molecule has 2 aromatic rings. The van der Waals surface area contributed by atoms with Crippen molar-refractivity contribution in [3.8, 4) is 16.9 Å². The van der Waals surface area contributed by atoms with E-state index in [-0.39, 0.29) is 19.4 Å². The molecule has 4 amide bonds. The number of ether oxygens (including phenoxy) is 2. The summed E-state index contributed by atoms with van der Waals surface area (Å²) in [6, 6.07) is 12.0. The number of nitrogens with zero attached hydrogens (tertiary/aromatic N) is 1. The summed E-state index contributed by atoms with van der Waals surface area (Å²) in [6.07, 6.45) is 1.38. The Morgan fingerprint density at radius 2 is 1.65 bits per heavy atom. The number of amides is 4. The van der Waals surface area contributed by atoms with E-state index < -0.39 is 79.2 Å². The van der Waals surface area contributed by atoms with Crippen molar-refractivity contribution in [1.29, 1.82) is 0 Å². The number of carbonyl (C=O) groups excluding carboxylic acids is 4. The highest BCUT2D eigenvalue weighted by Crippen LogP contribution is 2.46. The van der Waals surface area contributed by atoms with Crippen LogP contribution in [-0.2, 0) is 34.7 Å². The molecule has 282 valence electrons. The maximum atomic E-state index is 14.6. The summed E-state index contributed by atoms with van der Waals surface area (Å²) in [7, 11) is -2.35. The summed E-state index contributed by atoms with van der Waals surface area (Å²) < 4.78 is 38.3. The van der Waals surface area contributed by atoms with Crippen molar-refractivity contribution < 1.29 is 42.2 Å². The van der Waals surface area contributed by atoms with Crippen molar-refractivity contribution in [2.24, 2.45) is 11.3 Å². The fourth-order valence-electron chi connectivity index (χ4n) is 6.59. The molecule has 4 N–H and O–H groups in total. The van der Waals surface area contributed by atoms with Crippen LogP contribution in [0.5, 0.6) is 5.75 Å². The van der Waals surface area contributed by atoms with Gasteiger partial charge in [-0.2, -0.15) is 0 Å². The summed E-state index contributed by atoms with van der Waals surface area (Å²) >= 11 is 0. The van der Waals surface area contributed by atoms with E-state index in [1.54, 1.807) is 66.9 Å². The van der Waals surface area contributed by atoms with Gasteiger partial charge in [0.15, 0.2) is 0 Å². The Kier molecular flexibility index (Phi) is 10.3. The summed E-state index contributed by atoms with van der Waals surface area (Å²) in [6.45, 7) is 13.8. The Morgan fingerprint density at radius 1 is 1.00 bits per heavy atom. The highest BCUT2D eigenvalue weighted by atomic mass is 32.2. The largest absolute Gasteiger partial charge is 0.497 e. The fourth-order valence-corrected chi connectivity index (χ4v) is 7.96. The predicted octanol–water partition coefficient (Wildman–Crippen LogP) is 3.76. The lowest BCUT2D eigenvalue weighted by Crippen LogP contribution is -2.60. The zero-order valence-electron chi connectivity index (χ0n) is 30.8. The number of likely N-dealkylation sites (tertiary alicyclic amines) is 1. The van der Waals surface area contributed by atoms with Gasteiger partial charge in [-0.3, -0.25) is 19.1 Å². The second kappa shape index (κ2) is 13.8. The molecule has 0 unspecified atom stereocenters. The van der Waals surface area contributed by atoms with Crippen LogP contribution in [0.1, 0.15) is 72.8 Å². The van der Waals surface area contributed by atoms with Crippen molar-refractivity contribution >= 4 is 33.8 Å². The molecule has 1 saturated heterocycles. The van der Waals surface area contributed by atoms with Crippen LogP contribution in [0.3, 0.4) is 0 Å². The minimum atomic E-state index is -3.93. The minimum absolute atomic E-state index is 0.105. The number of aliphatic hydroxyl groups is 1. The number of methoxy groups -OCH3 is 1. The summed E-state index contributed by atoms with van der Waals surface area (Å²) in [5.41, 5.74) is -3.00. The van der Waals surface area contributed by atoms with E-state index in [2.05, 4.69) is 21.9 Å². The molecule has 0 bridgehead atoms. The van der Waals surface area contributed by atoms with E-state index in [9.17, 15) is 32.7 Å². The van der Waals surface area contributed by atoms with Gasteiger partial charge in [0, 0.05) is 12.3 Å². The molecule has 2 saturated carbocycles. The van der Waals surface area contributed by atoms with Gasteiger partial charge < -0.3 is 30.1 Å². The fraction of sp³-hybridized carbons (Fsp3) is 0.526. The topological polar surface area (TPSA) is 180 Å². The number of benzene rings is 2. The Balaban J connectivity index is 1.50. The molecular formula is C38H50N4O9S. The first-order valence-corrected chi connectivity index (χ1v) is 18.9. The lowest BCUT2D eigenvalue weighted by molar-refractivity contribution is -0.143. The molecule has 0 radical (unpaired) electrons. The number of hydrogen-bond acceptors (Lipinski definition) is 9. The number of alkyl carbamates (subject to hydrolysis) is 1. The van der Waals surface area contributed by atoms with E-state index >= 15 is 0 Å². The highest BCUT2D eigenvalue weighted by molar-refractivity contribution is 7.91. The molecule has 5 rings (SSSR count). The van der Waals surface area contributed by atoms with Crippen molar-refractivity contribution in [3.05, 3.63) is 66.7 Å². The first-order valence-electron chi connectivity index (χ1n) is 17.4. The molecule has 2 aliphatic carbocycles. The second-order valence-electron chi connectivity index (χ2n) is 16.2. The number of carbonyl (C=O) groups is 4. The lowest BCUT2D eigenvalue weighted by Gasteiger charge is -2.36. The standard InChI is InChI=1S/C38H50N4O9S/c1-9-25-20-38(25,33(45)41-52(48,49)28-17-18-28)40-31(43)29-21-37(47,26-12-10-11-24(19-26)23-13-15-27(50-8)16-14-23)22-42(29)32(44)30(35(2,3)4)39-34(46)51-36(5,6)7/h9-16,19,25,28-30,47H,1,17-18,20-22H2,2-8H3,(H,39,46)(H,40,43)(H,41,45)/t25-,29+,30-,37+,38-/m1/s1. The van der Waals surface area contributed by atoms with Crippen LogP contribution in [0.4, 0.5) is 4.79 Å². The van der Waals surface area contributed by atoms with Crippen molar-refractivity contribution in [2.45, 2.75) is 101 Å². The van der Waals surface area contributed by atoms with E-state index in [4.69, 9.17) is 9.47 Å². The van der Waals surface area contributed by atoms with Gasteiger partial charge in [0.1, 0.15) is 34.6 Å². The Bertz CT molecular complexity index is 1850. The quantitative estimate of drug-likeness (QED) is 0.250. The minimum Gasteiger partial charge on any atom is -0.497 e. The van der Waals surface area contributed by atoms with Crippen LogP contribution in [0.2, 0.25) is 0 Å². The molecule has 0 spiro atoms. The first-order chi connectivity index (χ1) is 24.1. The molecule has 1 aliphatic heterocycles. The highest BCUT2D eigenvalue weighted by Gasteiger charge is 2.62. The maximum Gasteiger partial charge on any atom is 0.408 e. The molecule has 14 heteroatoms. The van der Waals surface area contributed by atoms with Gasteiger partial charge in [-0.05, 0) is 80.3 Å². The summed E-state index contributed by atoms with van der Waals surface area (Å²) in [5.74, 6) is -2.17. The molecular weight excluding hydrogens is 689 g/mol. The summed E-state index contributed by atoms with van der Waals surface area (Å²) in [5, 5.41) is 17.1. The third kappa shape index (κ3) is 8.28. The van der Waals surface area contributed by atoms with Crippen LogP contribution in [0, 0.1) is 11.3 Å². The van der Waals surface area contributed by atoms with Crippen molar-refractivity contribution in [3.63, 3.8) is 0 Å². The van der Waals surface area contributed by atoms with E-state index in [0.29, 0.717) is 24.2 Å². The van der Waals surface area contributed by atoms with Gasteiger partial charge in [0.2, 0.25) is 21.8 Å². The van der Waals surface area contributed by atoms with E-state index in [1.165, 1.54) is 11.0 Å². The predicted molar refractivity (Wildman–Crippen MR) is 194 cm³/mol. The maximum absolute atomic E-state index is 14.6. The van der Waals surface area contributed by atoms with Crippen LogP contribution in [-0.4, -0.2) is 84.4 Å². The number of nitrogens with one attached hydrogen (secondary N) is 3. The Labute approximate surface area is 305 Å². The third-order valence-corrected chi connectivity index (χ3v) is 11.6. The average Bonchev–Trinajstić information content (AvgIpc) is 3.99. The number of β-amino-alcohol motifs (C(OH)–C–C–N with tert-alkyl or cyclic N) is 1. The zero-order chi connectivity index (χ0) is 38.4. The van der Waals surface area contributed by atoms with E-state index in [1.807, 2.05) is 30.3 Å². The molecule has 0 aromatic heterocycles. The molecule has 3 fully saturated rings. The normalized spacial score (nSPS) is 25.0. The SMILES string of the molecule is C=C[C@@H]1C[C@]1(NC(=O)[C@@H]1C[C@@](O)(c2cccc(-c3ccc(OC)cc3)c2)CN1C(=O)[C@@H](NC(=O)OC(C)(C)C)C(C)(C)C)C(=O)NS(=O)(=O)C1CC1. The molecule has 1 heterocycles. The third-order valence-electron chi connectivity index (χ3n) is 9.77.